The van der Waals surface area contributed by atoms with Crippen LogP contribution >= 0.6 is 0 Å². The van der Waals surface area contributed by atoms with Gasteiger partial charge in [0.25, 0.3) is 0 Å². The van der Waals surface area contributed by atoms with Crippen molar-refractivity contribution in [2.75, 3.05) is 40.3 Å². The monoisotopic (exact) mass is 299 g/mol. The summed E-state index contributed by atoms with van der Waals surface area (Å²) in [6.07, 6.45) is 5.82. The lowest BCUT2D eigenvalue weighted by atomic mass is 10.1. The smallest absolute Gasteiger partial charge is 0.305 e. The maximum atomic E-state index is 11.2. The van der Waals surface area contributed by atoms with Crippen molar-refractivity contribution in [3.05, 3.63) is 12.7 Å². The fourth-order valence-corrected chi connectivity index (χ4v) is 2.12. The minimum atomic E-state index is -0.112. The van der Waals surface area contributed by atoms with E-state index >= 15 is 0 Å². The molecule has 0 aliphatic carbocycles. The average molecular weight is 299 g/mol. The number of carbonyl (C=O) groups is 2. The topological polar surface area (TPSA) is 55.4 Å². The van der Waals surface area contributed by atoms with Gasteiger partial charge in [0.1, 0.15) is 0 Å². The largest absolute Gasteiger partial charge is 0.466 e. The van der Waals surface area contributed by atoms with E-state index in [2.05, 4.69) is 26.0 Å². The Morgan fingerprint density at radius 3 is 2.43 bits per heavy atom. The Balaban J connectivity index is 3.61. The molecule has 21 heavy (non-hydrogen) atoms. The van der Waals surface area contributed by atoms with Crippen molar-refractivity contribution in [1.82, 2.24) is 5.32 Å². The molecule has 1 amide bonds. The van der Waals surface area contributed by atoms with Gasteiger partial charge in [-0.25, -0.2) is 0 Å². The van der Waals surface area contributed by atoms with Crippen LogP contribution in [0, 0.1) is 0 Å². The molecule has 1 N–H and O–H groups in total. The van der Waals surface area contributed by atoms with E-state index in [9.17, 15) is 9.59 Å². The van der Waals surface area contributed by atoms with Crippen LogP contribution < -0.4 is 5.32 Å². The molecule has 0 saturated carbocycles. The number of rotatable bonds is 12. The van der Waals surface area contributed by atoms with E-state index in [-0.39, 0.29) is 11.9 Å². The molecule has 0 rings (SSSR count). The van der Waals surface area contributed by atoms with Crippen molar-refractivity contribution in [2.45, 2.75) is 39.0 Å². The fraction of sp³-hybridized carbons (Fsp3) is 0.750. The molecule has 5 nitrogen and oxygen atoms in total. The summed E-state index contributed by atoms with van der Waals surface area (Å²) in [5.74, 6) is -0.205. The summed E-state index contributed by atoms with van der Waals surface area (Å²) in [6.45, 7) is 8.51. The second-order valence-electron chi connectivity index (χ2n) is 5.85. The maximum Gasteiger partial charge on any atom is 0.305 e. The SMILES string of the molecule is C=CC(=O)NCCC[N+](C)(C)CCCCCC(=O)OCC. The van der Waals surface area contributed by atoms with E-state index in [4.69, 9.17) is 4.74 Å². The summed E-state index contributed by atoms with van der Waals surface area (Å²) in [5, 5.41) is 2.79. The number of amides is 1. The van der Waals surface area contributed by atoms with Crippen molar-refractivity contribution >= 4 is 11.9 Å². The third kappa shape index (κ3) is 12.1. The molecule has 0 aliphatic heterocycles. The average Bonchev–Trinajstić information content (AvgIpc) is 2.43. The number of nitrogens with zero attached hydrogens (tertiary/aromatic N) is 1. The first-order chi connectivity index (χ1) is 9.91. The van der Waals surface area contributed by atoms with Gasteiger partial charge in [0.15, 0.2) is 0 Å². The molecule has 0 aromatic carbocycles. The second-order valence-corrected chi connectivity index (χ2v) is 5.85. The third-order valence-corrected chi connectivity index (χ3v) is 3.37. The molecule has 0 aliphatic rings. The Morgan fingerprint density at radius 2 is 1.81 bits per heavy atom. The highest BCUT2D eigenvalue weighted by Gasteiger charge is 2.14. The summed E-state index contributed by atoms with van der Waals surface area (Å²) in [7, 11) is 4.39. The molecule has 5 heteroatoms. The molecule has 0 radical (unpaired) electrons. The van der Waals surface area contributed by atoms with Crippen molar-refractivity contribution < 1.29 is 18.8 Å². The first-order valence-electron chi connectivity index (χ1n) is 7.79. The zero-order valence-corrected chi connectivity index (χ0v) is 13.8. The summed E-state index contributed by atoms with van der Waals surface area (Å²) in [5.41, 5.74) is 0. The maximum absolute atomic E-state index is 11.2. The van der Waals surface area contributed by atoms with Crippen LogP contribution in [0.1, 0.15) is 39.0 Å². The predicted octanol–water partition coefficient (Wildman–Crippen LogP) is 1.88. The van der Waals surface area contributed by atoms with Gasteiger partial charge in [-0.15, -0.1) is 0 Å². The van der Waals surface area contributed by atoms with Crippen LogP contribution in [0.3, 0.4) is 0 Å². The van der Waals surface area contributed by atoms with E-state index in [1.165, 1.54) is 6.08 Å². The molecule has 0 heterocycles. The van der Waals surface area contributed by atoms with Crippen LogP contribution in [0.5, 0.6) is 0 Å². The quantitative estimate of drug-likeness (QED) is 0.259. The molecule has 0 fully saturated rings. The highest BCUT2D eigenvalue weighted by atomic mass is 16.5. The van der Waals surface area contributed by atoms with Gasteiger partial charge in [-0.2, -0.15) is 0 Å². The number of hydrogen-bond donors (Lipinski definition) is 1. The molecule has 0 saturated heterocycles. The minimum absolute atomic E-state index is 0.0933. The Morgan fingerprint density at radius 1 is 1.14 bits per heavy atom. The summed E-state index contributed by atoms with van der Waals surface area (Å²) in [6, 6.07) is 0. The molecular formula is C16H31N2O3+. The van der Waals surface area contributed by atoms with Crippen LogP contribution in [-0.4, -0.2) is 56.7 Å². The Kier molecular flexibility index (Phi) is 10.6. The van der Waals surface area contributed by atoms with Crippen molar-refractivity contribution in [2.24, 2.45) is 0 Å². The Hall–Kier alpha value is -1.36. The van der Waals surface area contributed by atoms with E-state index in [1.54, 1.807) is 0 Å². The van der Waals surface area contributed by atoms with E-state index in [1.807, 2.05) is 6.92 Å². The van der Waals surface area contributed by atoms with Crippen LogP contribution in [0.4, 0.5) is 0 Å². The number of nitrogens with one attached hydrogen (secondary N) is 1. The number of hydrogen-bond acceptors (Lipinski definition) is 3. The standard InChI is InChI=1S/C16H30N2O3/c1-5-15(19)17-12-10-14-18(3,4)13-9-7-8-11-16(20)21-6-2/h5H,1,6-14H2,2-4H3/p+1. The normalized spacial score (nSPS) is 11.0. The fourth-order valence-electron chi connectivity index (χ4n) is 2.12. The van der Waals surface area contributed by atoms with Gasteiger partial charge in [0, 0.05) is 19.4 Å². The van der Waals surface area contributed by atoms with Gasteiger partial charge >= 0.3 is 5.97 Å². The van der Waals surface area contributed by atoms with E-state index in [0.717, 1.165) is 43.3 Å². The van der Waals surface area contributed by atoms with Gasteiger partial charge < -0.3 is 14.5 Å². The second kappa shape index (κ2) is 11.3. The first kappa shape index (κ1) is 19.6. The molecule has 0 spiro atoms. The number of quaternary nitrogens is 1. The Labute approximate surface area is 128 Å². The van der Waals surface area contributed by atoms with Crippen LogP contribution in [-0.2, 0) is 14.3 Å². The van der Waals surface area contributed by atoms with Crippen LogP contribution in [0.15, 0.2) is 12.7 Å². The lowest BCUT2D eigenvalue weighted by Gasteiger charge is -2.30. The van der Waals surface area contributed by atoms with Gasteiger partial charge in [-0.1, -0.05) is 6.58 Å². The molecule has 0 bridgehead atoms. The number of esters is 1. The van der Waals surface area contributed by atoms with Crippen LogP contribution in [0.25, 0.3) is 0 Å². The van der Waals surface area contributed by atoms with Crippen LogP contribution in [0.2, 0.25) is 0 Å². The summed E-state index contributed by atoms with van der Waals surface area (Å²) < 4.78 is 5.83. The predicted molar refractivity (Wildman–Crippen MR) is 84.8 cm³/mol. The molecule has 122 valence electrons. The zero-order valence-electron chi connectivity index (χ0n) is 13.8. The number of unbranched alkanes of at least 4 members (excludes halogenated alkanes) is 2. The van der Waals surface area contributed by atoms with E-state index < -0.39 is 0 Å². The molecular weight excluding hydrogens is 268 g/mol. The van der Waals surface area contributed by atoms with Gasteiger partial charge in [0.05, 0.1) is 33.8 Å². The molecule has 0 aromatic rings. The number of carbonyl (C=O) groups excluding carboxylic acids is 2. The van der Waals surface area contributed by atoms with Crippen molar-refractivity contribution in [1.29, 1.82) is 0 Å². The molecule has 0 atom stereocenters. The number of ether oxygens (including phenoxy) is 1. The first-order valence-corrected chi connectivity index (χ1v) is 7.79. The summed E-state index contributed by atoms with van der Waals surface area (Å²) >= 11 is 0. The lowest BCUT2D eigenvalue weighted by molar-refractivity contribution is -0.890. The molecule has 0 aromatic heterocycles. The van der Waals surface area contributed by atoms with E-state index in [0.29, 0.717) is 19.6 Å². The minimum Gasteiger partial charge on any atom is -0.466 e. The summed E-state index contributed by atoms with van der Waals surface area (Å²) in [4.78, 5) is 22.2. The van der Waals surface area contributed by atoms with Gasteiger partial charge in [-0.05, 0) is 32.3 Å². The zero-order chi connectivity index (χ0) is 16.1. The Bertz CT molecular complexity index is 327. The molecule has 0 unspecified atom stereocenters. The lowest BCUT2D eigenvalue weighted by Crippen LogP contribution is -2.42. The van der Waals surface area contributed by atoms with Crippen molar-refractivity contribution in [3.63, 3.8) is 0 Å². The highest BCUT2D eigenvalue weighted by molar-refractivity contribution is 5.86. The third-order valence-electron chi connectivity index (χ3n) is 3.37. The van der Waals surface area contributed by atoms with Gasteiger partial charge in [-0.3, -0.25) is 9.59 Å². The van der Waals surface area contributed by atoms with Crippen molar-refractivity contribution in [3.8, 4) is 0 Å². The van der Waals surface area contributed by atoms with Gasteiger partial charge in [0.2, 0.25) is 5.91 Å². The highest BCUT2D eigenvalue weighted by Crippen LogP contribution is 2.07.